The number of rotatable bonds is 4. The van der Waals surface area contributed by atoms with E-state index in [9.17, 15) is 0 Å². The average Bonchev–Trinajstić information content (AvgIpc) is 3.05. The second kappa shape index (κ2) is 6.52. The molecule has 2 aromatic heterocycles. The molecule has 136 valence electrons. The van der Waals surface area contributed by atoms with Gasteiger partial charge < -0.3 is 10.3 Å². The van der Waals surface area contributed by atoms with E-state index in [0.717, 1.165) is 36.9 Å². The topological polar surface area (TPSA) is 82.8 Å². The van der Waals surface area contributed by atoms with Crippen LogP contribution in [0.3, 0.4) is 0 Å². The standard InChI is InChI=1S/C19H21N5O.ClH/c20-19(10-4-5-11-19)18-22-17(25-23-18)15-12-21-24(16(15)13-8-9-13)14-6-2-1-3-7-14;/h1-3,6-7,12-13H,4-5,8-11,20H2;1H. The molecule has 0 atom stereocenters. The molecule has 3 aromatic rings. The average molecular weight is 372 g/mol. The van der Waals surface area contributed by atoms with E-state index in [0.29, 0.717) is 17.6 Å². The van der Waals surface area contributed by atoms with Crippen molar-refractivity contribution >= 4 is 12.4 Å². The number of halogens is 1. The van der Waals surface area contributed by atoms with E-state index in [1.165, 1.54) is 18.5 Å². The number of para-hydroxylation sites is 1. The summed E-state index contributed by atoms with van der Waals surface area (Å²) in [6.45, 7) is 0. The summed E-state index contributed by atoms with van der Waals surface area (Å²) >= 11 is 0. The molecule has 2 aliphatic carbocycles. The van der Waals surface area contributed by atoms with Crippen LogP contribution >= 0.6 is 12.4 Å². The minimum Gasteiger partial charge on any atom is -0.334 e. The van der Waals surface area contributed by atoms with E-state index in [1.54, 1.807) is 0 Å². The summed E-state index contributed by atoms with van der Waals surface area (Å²) in [5.74, 6) is 1.68. The van der Waals surface area contributed by atoms with Crippen LogP contribution in [-0.4, -0.2) is 19.9 Å². The molecule has 0 unspecified atom stereocenters. The number of nitrogens with two attached hydrogens (primary N) is 1. The molecule has 5 rings (SSSR count). The Labute approximate surface area is 158 Å². The van der Waals surface area contributed by atoms with Gasteiger partial charge in [0.05, 0.1) is 28.7 Å². The van der Waals surface area contributed by atoms with E-state index in [4.69, 9.17) is 10.3 Å². The Balaban J connectivity index is 0.00000168. The van der Waals surface area contributed by atoms with Crippen molar-refractivity contribution in [1.82, 2.24) is 19.9 Å². The first-order valence-electron chi connectivity index (χ1n) is 9.01. The predicted octanol–water partition coefficient (Wildman–Crippen LogP) is 3.95. The third-order valence-corrected chi connectivity index (χ3v) is 5.37. The summed E-state index contributed by atoms with van der Waals surface area (Å²) in [6, 6.07) is 10.2. The van der Waals surface area contributed by atoms with Crippen LogP contribution in [0.15, 0.2) is 41.1 Å². The molecule has 0 radical (unpaired) electrons. The Hall–Kier alpha value is -2.18. The monoisotopic (exact) mass is 371 g/mol. The maximum Gasteiger partial charge on any atom is 0.261 e. The molecule has 0 saturated heterocycles. The smallest absolute Gasteiger partial charge is 0.261 e. The first-order chi connectivity index (χ1) is 12.2. The van der Waals surface area contributed by atoms with E-state index in [2.05, 4.69) is 27.4 Å². The lowest BCUT2D eigenvalue weighted by molar-refractivity contribution is 0.372. The fourth-order valence-corrected chi connectivity index (χ4v) is 3.81. The van der Waals surface area contributed by atoms with E-state index < -0.39 is 5.54 Å². The lowest BCUT2D eigenvalue weighted by Gasteiger charge is -2.17. The number of hydrogen-bond donors (Lipinski definition) is 1. The Kier molecular flexibility index (Phi) is 4.32. The van der Waals surface area contributed by atoms with Gasteiger partial charge in [-0.05, 0) is 37.8 Å². The quantitative estimate of drug-likeness (QED) is 0.750. The summed E-state index contributed by atoms with van der Waals surface area (Å²) < 4.78 is 7.61. The Morgan fingerprint density at radius 1 is 1.12 bits per heavy atom. The highest BCUT2D eigenvalue weighted by Crippen LogP contribution is 2.45. The van der Waals surface area contributed by atoms with Crippen molar-refractivity contribution in [2.24, 2.45) is 5.73 Å². The molecule has 6 nitrogen and oxygen atoms in total. The molecule has 0 bridgehead atoms. The number of nitrogens with zero attached hydrogens (tertiary/aromatic N) is 4. The zero-order valence-corrected chi connectivity index (χ0v) is 15.3. The Bertz CT molecular complexity index is 894. The van der Waals surface area contributed by atoms with Gasteiger partial charge in [0, 0.05) is 5.92 Å². The van der Waals surface area contributed by atoms with Crippen LogP contribution in [0.1, 0.15) is 56.0 Å². The SMILES string of the molecule is Cl.NC1(c2noc(-c3cnn(-c4ccccc4)c3C3CC3)n2)CCCC1. The molecule has 7 heteroatoms. The van der Waals surface area contributed by atoms with Crippen molar-refractivity contribution in [3.63, 3.8) is 0 Å². The van der Waals surface area contributed by atoms with Gasteiger partial charge in [0.1, 0.15) is 0 Å². The van der Waals surface area contributed by atoms with Crippen molar-refractivity contribution in [3.8, 4) is 17.1 Å². The van der Waals surface area contributed by atoms with Gasteiger partial charge in [0.2, 0.25) is 0 Å². The van der Waals surface area contributed by atoms with Crippen molar-refractivity contribution in [3.05, 3.63) is 48.0 Å². The lowest BCUT2D eigenvalue weighted by Crippen LogP contribution is -2.34. The second-order valence-corrected chi connectivity index (χ2v) is 7.25. The van der Waals surface area contributed by atoms with E-state index in [-0.39, 0.29) is 12.4 Å². The Morgan fingerprint density at radius 3 is 2.54 bits per heavy atom. The molecule has 0 spiro atoms. The molecule has 0 amide bonds. The molecule has 26 heavy (non-hydrogen) atoms. The highest BCUT2D eigenvalue weighted by molar-refractivity contribution is 5.85. The summed E-state index contributed by atoms with van der Waals surface area (Å²) in [5, 5.41) is 8.81. The zero-order chi connectivity index (χ0) is 16.9. The van der Waals surface area contributed by atoms with Crippen molar-refractivity contribution < 1.29 is 4.52 Å². The fourth-order valence-electron chi connectivity index (χ4n) is 3.81. The molecule has 2 N–H and O–H groups in total. The molecule has 1 aromatic carbocycles. The van der Waals surface area contributed by atoms with E-state index >= 15 is 0 Å². The van der Waals surface area contributed by atoms with Crippen LogP contribution < -0.4 is 5.73 Å². The molecule has 2 heterocycles. The van der Waals surface area contributed by atoms with Crippen LogP contribution in [-0.2, 0) is 5.54 Å². The highest BCUT2D eigenvalue weighted by Gasteiger charge is 2.37. The normalized spacial score (nSPS) is 18.7. The van der Waals surface area contributed by atoms with Gasteiger partial charge >= 0.3 is 0 Å². The minimum atomic E-state index is -0.434. The molecule has 2 saturated carbocycles. The van der Waals surface area contributed by atoms with Gasteiger partial charge in [-0.2, -0.15) is 10.1 Å². The largest absolute Gasteiger partial charge is 0.334 e. The molecular weight excluding hydrogens is 350 g/mol. The molecule has 2 aliphatic rings. The van der Waals surface area contributed by atoms with Crippen LogP contribution in [0.4, 0.5) is 0 Å². The first-order valence-corrected chi connectivity index (χ1v) is 9.01. The van der Waals surface area contributed by atoms with Gasteiger partial charge in [-0.25, -0.2) is 4.68 Å². The van der Waals surface area contributed by atoms with Crippen LogP contribution in [0.25, 0.3) is 17.1 Å². The summed E-state index contributed by atoms with van der Waals surface area (Å²) in [7, 11) is 0. The van der Waals surface area contributed by atoms with Gasteiger partial charge in [0.25, 0.3) is 5.89 Å². The van der Waals surface area contributed by atoms with Crippen molar-refractivity contribution in [2.45, 2.75) is 50.0 Å². The summed E-state index contributed by atoms with van der Waals surface area (Å²) in [6.07, 6.45) is 8.28. The fraction of sp³-hybridized carbons (Fsp3) is 0.421. The predicted molar refractivity (Wildman–Crippen MR) is 100 cm³/mol. The molecule has 2 fully saturated rings. The van der Waals surface area contributed by atoms with Crippen LogP contribution in [0, 0.1) is 0 Å². The number of hydrogen-bond acceptors (Lipinski definition) is 5. The first kappa shape index (κ1) is 17.2. The number of aromatic nitrogens is 4. The van der Waals surface area contributed by atoms with Gasteiger partial charge in [0.15, 0.2) is 5.82 Å². The third kappa shape index (κ3) is 2.83. The summed E-state index contributed by atoms with van der Waals surface area (Å²) in [5.41, 5.74) is 9.20. The minimum absolute atomic E-state index is 0. The van der Waals surface area contributed by atoms with Gasteiger partial charge in [-0.1, -0.05) is 36.2 Å². The second-order valence-electron chi connectivity index (χ2n) is 7.25. The Morgan fingerprint density at radius 2 is 1.85 bits per heavy atom. The maximum atomic E-state index is 6.47. The van der Waals surface area contributed by atoms with Crippen LogP contribution in [0.2, 0.25) is 0 Å². The highest BCUT2D eigenvalue weighted by atomic mass is 35.5. The van der Waals surface area contributed by atoms with Crippen LogP contribution in [0.5, 0.6) is 0 Å². The number of benzene rings is 1. The van der Waals surface area contributed by atoms with Crippen molar-refractivity contribution in [1.29, 1.82) is 0 Å². The van der Waals surface area contributed by atoms with Gasteiger partial charge in [-0.15, -0.1) is 12.4 Å². The third-order valence-electron chi connectivity index (χ3n) is 5.37. The van der Waals surface area contributed by atoms with Gasteiger partial charge in [-0.3, -0.25) is 0 Å². The molecular formula is C19H22ClN5O. The molecule has 0 aliphatic heterocycles. The zero-order valence-electron chi connectivity index (χ0n) is 14.5. The lowest BCUT2D eigenvalue weighted by atomic mass is 9.98. The van der Waals surface area contributed by atoms with Crippen molar-refractivity contribution in [2.75, 3.05) is 0 Å². The van der Waals surface area contributed by atoms with E-state index in [1.807, 2.05) is 29.1 Å². The summed E-state index contributed by atoms with van der Waals surface area (Å²) in [4.78, 5) is 4.66. The maximum absolute atomic E-state index is 6.47.